The van der Waals surface area contributed by atoms with Crippen LogP contribution in [0.2, 0.25) is 0 Å². The quantitative estimate of drug-likeness (QED) is 0.856. The van der Waals surface area contributed by atoms with Crippen LogP contribution in [0, 0.1) is 5.82 Å². The zero-order valence-corrected chi connectivity index (χ0v) is 12.8. The summed E-state index contributed by atoms with van der Waals surface area (Å²) in [5.74, 6) is 1.06. The predicted molar refractivity (Wildman–Crippen MR) is 84.2 cm³/mol. The van der Waals surface area contributed by atoms with E-state index >= 15 is 0 Å². The molecule has 0 heterocycles. The molecule has 0 aliphatic heterocycles. The number of benzene rings is 2. The van der Waals surface area contributed by atoms with Crippen LogP contribution in [0.15, 0.2) is 48.5 Å². The first kappa shape index (κ1) is 15.5. The molecular weight excluding hydrogens is 265 g/mol. The number of hydrogen-bond acceptors (Lipinski definition) is 2. The van der Waals surface area contributed by atoms with Crippen LogP contribution in [-0.2, 0) is 0 Å². The Morgan fingerprint density at radius 1 is 1.10 bits per heavy atom. The molecule has 21 heavy (non-hydrogen) atoms. The van der Waals surface area contributed by atoms with Crippen molar-refractivity contribution in [1.29, 1.82) is 0 Å². The summed E-state index contributed by atoms with van der Waals surface area (Å²) in [4.78, 5) is 0. The standard InChI is InChI=1S/C18H22FNO/c1-13(2)14-7-6-8-15(11-14)21-12-18(20-3)16-9-4-5-10-17(16)19/h4-11,13,18,20H,12H2,1-3H3. The maximum atomic E-state index is 13.8. The first-order chi connectivity index (χ1) is 10.1. The second kappa shape index (κ2) is 7.23. The molecule has 0 saturated heterocycles. The number of nitrogens with one attached hydrogen (secondary N) is 1. The summed E-state index contributed by atoms with van der Waals surface area (Å²) in [6.45, 7) is 4.68. The van der Waals surface area contributed by atoms with Crippen molar-refractivity contribution >= 4 is 0 Å². The molecule has 0 radical (unpaired) electrons. The fourth-order valence-electron chi connectivity index (χ4n) is 2.23. The van der Waals surface area contributed by atoms with Crippen LogP contribution in [0.4, 0.5) is 4.39 Å². The minimum absolute atomic E-state index is 0.172. The van der Waals surface area contributed by atoms with Crippen molar-refractivity contribution in [3.05, 3.63) is 65.5 Å². The van der Waals surface area contributed by atoms with Gasteiger partial charge in [0.15, 0.2) is 0 Å². The van der Waals surface area contributed by atoms with Crippen molar-refractivity contribution < 1.29 is 9.13 Å². The van der Waals surface area contributed by atoms with Crippen LogP contribution in [0.3, 0.4) is 0 Å². The Kier molecular flexibility index (Phi) is 5.34. The van der Waals surface area contributed by atoms with Gasteiger partial charge in [-0.3, -0.25) is 0 Å². The highest BCUT2D eigenvalue weighted by atomic mass is 19.1. The van der Waals surface area contributed by atoms with E-state index in [0.29, 0.717) is 18.1 Å². The smallest absolute Gasteiger partial charge is 0.128 e. The highest BCUT2D eigenvalue weighted by Gasteiger charge is 2.14. The number of hydrogen-bond donors (Lipinski definition) is 1. The second-order valence-corrected chi connectivity index (χ2v) is 5.40. The zero-order chi connectivity index (χ0) is 15.2. The predicted octanol–water partition coefficient (Wildman–Crippen LogP) is 4.29. The van der Waals surface area contributed by atoms with Crippen molar-refractivity contribution in [2.75, 3.05) is 13.7 Å². The Bertz CT molecular complexity index is 583. The van der Waals surface area contributed by atoms with E-state index in [1.165, 1.54) is 11.6 Å². The van der Waals surface area contributed by atoms with E-state index in [2.05, 4.69) is 25.2 Å². The van der Waals surface area contributed by atoms with Gasteiger partial charge < -0.3 is 10.1 Å². The van der Waals surface area contributed by atoms with E-state index in [0.717, 1.165) is 5.75 Å². The molecule has 0 bridgehead atoms. The lowest BCUT2D eigenvalue weighted by atomic mass is 10.0. The van der Waals surface area contributed by atoms with Gasteiger partial charge in [-0.05, 0) is 36.7 Å². The summed E-state index contributed by atoms with van der Waals surface area (Å²) in [6, 6.07) is 14.7. The van der Waals surface area contributed by atoms with Gasteiger partial charge in [0, 0.05) is 5.56 Å². The first-order valence-electron chi connectivity index (χ1n) is 7.26. The molecule has 0 aromatic heterocycles. The van der Waals surface area contributed by atoms with Crippen molar-refractivity contribution in [2.24, 2.45) is 0 Å². The highest BCUT2D eigenvalue weighted by molar-refractivity contribution is 5.30. The van der Waals surface area contributed by atoms with Gasteiger partial charge in [-0.1, -0.05) is 44.2 Å². The summed E-state index contributed by atoms with van der Waals surface area (Å²) in [5.41, 5.74) is 1.86. The third kappa shape index (κ3) is 4.05. The van der Waals surface area contributed by atoms with E-state index in [-0.39, 0.29) is 11.9 Å². The third-order valence-electron chi connectivity index (χ3n) is 3.57. The van der Waals surface area contributed by atoms with Crippen molar-refractivity contribution in [3.8, 4) is 5.75 Å². The fourth-order valence-corrected chi connectivity index (χ4v) is 2.23. The van der Waals surface area contributed by atoms with Crippen LogP contribution < -0.4 is 10.1 Å². The molecule has 0 fully saturated rings. The van der Waals surface area contributed by atoms with Gasteiger partial charge >= 0.3 is 0 Å². The van der Waals surface area contributed by atoms with E-state index < -0.39 is 0 Å². The van der Waals surface area contributed by atoms with E-state index in [1.807, 2.05) is 31.3 Å². The van der Waals surface area contributed by atoms with Gasteiger partial charge in [-0.25, -0.2) is 4.39 Å². The van der Waals surface area contributed by atoms with Gasteiger partial charge in [-0.2, -0.15) is 0 Å². The van der Waals surface area contributed by atoms with Gasteiger partial charge in [0.05, 0.1) is 6.04 Å². The van der Waals surface area contributed by atoms with Crippen molar-refractivity contribution in [2.45, 2.75) is 25.8 Å². The Morgan fingerprint density at radius 3 is 2.52 bits per heavy atom. The van der Waals surface area contributed by atoms with Crippen LogP contribution in [-0.4, -0.2) is 13.7 Å². The largest absolute Gasteiger partial charge is 0.492 e. The minimum Gasteiger partial charge on any atom is -0.492 e. The molecule has 0 amide bonds. The normalized spacial score (nSPS) is 12.4. The van der Waals surface area contributed by atoms with Crippen LogP contribution in [0.25, 0.3) is 0 Å². The summed E-state index contributed by atoms with van der Waals surface area (Å²) >= 11 is 0. The topological polar surface area (TPSA) is 21.3 Å². The monoisotopic (exact) mass is 287 g/mol. The molecule has 2 aromatic rings. The molecule has 0 saturated carbocycles. The lowest BCUT2D eigenvalue weighted by Crippen LogP contribution is -2.24. The molecule has 1 atom stereocenters. The van der Waals surface area contributed by atoms with E-state index in [4.69, 9.17) is 4.74 Å². The number of ether oxygens (including phenoxy) is 1. The summed E-state index contributed by atoms with van der Waals surface area (Å²) in [7, 11) is 1.81. The molecule has 0 aliphatic carbocycles. The summed E-state index contributed by atoms with van der Waals surface area (Å²) < 4.78 is 19.7. The van der Waals surface area contributed by atoms with Gasteiger partial charge in [0.2, 0.25) is 0 Å². The molecule has 0 aliphatic rings. The summed E-state index contributed by atoms with van der Waals surface area (Å²) in [6.07, 6.45) is 0. The second-order valence-electron chi connectivity index (χ2n) is 5.40. The molecule has 3 heteroatoms. The summed E-state index contributed by atoms with van der Waals surface area (Å²) in [5, 5.41) is 3.10. The van der Waals surface area contributed by atoms with Crippen LogP contribution in [0.1, 0.15) is 36.9 Å². The molecule has 2 aromatic carbocycles. The lowest BCUT2D eigenvalue weighted by molar-refractivity contribution is 0.269. The van der Waals surface area contributed by atoms with Crippen LogP contribution in [0.5, 0.6) is 5.75 Å². The van der Waals surface area contributed by atoms with Crippen molar-refractivity contribution in [1.82, 2.24) is 5.32 Å². The van der Waals surface area contributed by atoms with E-state index in [1.54, 1.807) is 12.1 Å². The highest BCUT2D eigenvalue weighted by Crippen LogP contribution is 2.22. The molecule has 2 rings (SSSR count). The Balaban J connectivity index is 2.07. The molecular formula is C18H22FNO. The molecule has 2 nitrogen and oxygen atoms in total. The molecule has 1 N–H and O–H groups in total. The van der Waals surface area contributed by atoms with Crippen LogP contribution >= 0.6 is 0 Å². The SMILES string of the molecule is CNC(COc1cccc(C(C)C)c1)c1ccccc1F. The number of rotatable bonds is 6. The Labute approximate surface area is 126 Å². The molecule has 1 unspecified atom stereocenters. The first-order valence-corrected chi connectivity index (χ1v) is 7.26. The average molecular weight is 287 g/mol. The minimum atomic E-state index is -0.212. The molecule has 112 valence electrons. The van der Waals surface area contributed by atoms with Gasteiger partial charge in [0.1, 0.15) is 18.2 Å². The maximum absolute atomic E-state index is 13.8. The van der Waals surface area contributed by atoms with Crippen molar-refractivity contribution in [3.63, 3.8) is 0 Å². The Morgan fingerprint density at radius 2 is 1.86 bits per heavy atom. The van der Waals surface area contributed by atoms with Gasteiger partial charge in [0.25, 0.3) is 0 Å². The van der Waals surface area contributed by atoms with E-state index in [9.17, 15) is 4.39 Å². The lowest BCUT2D eigenvalue weighted by Gasteiger charge is -2.18. The Hall–Kier alpha value is -1.87. The molecule has 0 spiro atoms. The average Bonchev–Trinajstić information content (AvgIpc) is 2.50. The third-order valence-corrected chi connectivity index (χ3v) is 3.57. The van der Waals surface area contributed by atoms with Gasteiger partial charge in [-0.15, -0.1) is 0 Å². The maximum Gasteiger partial charge on any atom is 0.128 e. The number of halogens is 1. The zero-order valence-electron chi connectivity index (χ0n) is 12.8. The fraction of sp³-hybridized carbons (Fsp3) is 0.333. The number of likely N-dealkylation sites (N-methyl/N-ethyl adjacent to an activating group) is 1.